The summed E-state index contributed by atoms with van der Waals surface area (Å²) in [6.07, 6.45) is 21.9. The first-order valence-electron chi connectivity index (χ1n) is 14.0. The van der Waals surface area contributed by atoms with Gasteiger partial charge in [-0.25, -0.2) is 0 Å². The highest BCUT2D eigenvalue weighted by Gasteiger charge is 2.51. The maximum atomic E-state index is 11.3. The van der Waals surface area contributed by atoms with E-state index in [2.05, 4.69) is 38.2 Å². The maximum Gasteiger partial charge on any atom is 0.305 e. The largest absolute Gasteiger partial charge is 0.469 e. The van der Waals surface area contributed by atoms with Gasteiger partial charge >= 0.3 is 5.97 Å². The van der Waals surface area contributed by atoms with Crippen LogP contribution in [0.15, 0.2) is 24.3 Å². The highest BCUT2D eigenvalue weighted by molar-refractivity contribution is 5.69. The van der Waals surface area contributed by atoms with Gasteiger partial charge in [0.1, 0.15) is 0 Å². The van der Waals surface area contributed by atoms with Crippen LogP contribution < -0.4 is 0 Å². The molecule has 0 N–H and O–H groups in total. The Labute approximate surface area is 212 Å². The average Bonchev–Trinajstić information content (AvgIpc) is 3.48. The molecule has 2 heterocycles. The van der Waals surface area contributed by atoms with Gasteiger partial charge in [0.2, 0.25) is 0 Å². The summed E-state index contributed by atoms with van der Waals surface area (Å²) in [5.41, 5.74) is -0.321. The molecule has 200 valence electrons. The molecular weight excluding hydrogens is 444 g/mol. The maximum absolute atomic E-state index is 11.3. The van der Waals surface area contributed by atoms with Crippen molar-refractivity contribution in [2.75, 3.05) is 26.9 Å². The van der Waals surface area contributed by atoms with Crippen LogP contribution >= 0.6 is 0 Å². The smallest absolute Gasteiger partial charge is 0.305 e. The van der Waals surface area contributed by atoms with Crippen molar-refractivity contribution in [1.29, 1.82) is 0 Å². The Morgan fingerprint density at radius 1 is 1.09 bits per heavy atom. The van der Waals surface area contributed by atoms with Gasteiger partial charge < -0.3 is 23.7 Å². The van der Waals surface area contributed by atoms with Crippen molar-refractivity contribution in [1.82, 2.24) is 0 Å². The third kappa shape index (κ3) is 8.70. The zero-order valence-corrected chi connectivity index (χ0v) is 22.3. The lowest BCUT2D eigenvalue weighted by atomic mass is 9.87. The number of allylic oxidation sites excluding steroid dienone is 3. The van der Waals surface area contributed by atoms with Crippen LogP contribution in [0.1, 0.15) is 97.3 Å². The Morgan fingerprint density at radius 2 is 1.91 bits per heavy atom. The molecule has 0 aromatic heterocycles. The zero-order chi connectivity index (χ0) is 25.0. The molecule has 0 aromatic rings. The van der Waals surface area contributed by atoms with Crippen LogP contribution in [-0.4, -0.2) is 50.6 Å². The number of hydrogen-bond acceptors (Lipinski definition) is 6. The third-order valence-corrected chi connectivity index (χ3v) is 7.73. The molecular formula is C29H48O6. The van der Waals surface area contributed by atoms with Crippen LogP contribution in [0.2, 0.25) is 0 Å². The van der Waals surface area contributed by atoms with Crippen molar-refractivity contribution in [3.8, 4) is 0 Å². The van der Waals surface area contributed by atoms with E-state index in [1.165, 1.54) is 26.4 Å². The molecule has 4 atom stereocenters. The highest BCUT2D eigenvalue weighted by Crippen LogP contribution is 2.48. The first kappa shape index (κ1) is 28.4. The average molecular weight is 493 g/mol. The molecule has 2 aliphatic heterocycles. The first-order valence-corrected chi connectivity index (χ1v) is 14.0. The molecule has 3 aliphatic rings. The number of ether oxygens (including phenoxy) is 5. The number of rotatable bonds is 14. The number of unbranched alkanes of at least 4 members (excludes halogenated alkanes) is 3. The van der Waals surface area contributed by atoms with Gasteiger partial charge in [0.05, 0.1) is 25.9 Å². The van der Waals surface area contributed by atoms with Gasteiger partial charge in [-0.05, 0) is 64.2 Å². The van der Waals surface area contributed by atoms with Crippen LogP contribution in [0, 0.1) is 11.8 Å². The van der Waals surface area contributed by atoms with Crippen molar-refractivity contribution in [2.45, 2.75) is 115 Å². The summed E-state index contributed by atoms with van der Waals surface area (Å²) >= 11 is 0. The molecule has 1 unspecified atom stereocenters. The van der Waals surface area contributed by atoms with E-state index in [9.17, 15) is 4.79 Å². The normalized spacial score (nSPS) is 28.3. The van der Waals surface area contributed by atoms with Crippen molar-refractivity contribution < 1.29 is 28.5 Å². The summed E-state index contributed by atoms with van der Waals surface area (Å²) < 4.78 is 29.6. The number of carbonyl (C=O) groups is 1. The monoisotopic (exact) mass is 492 g/mol. The van der Waals surface area contributed by atoms with Gasteiger partial charge in [-0.15, -0.1) is 0 Å². The molecule has 0 aromatic carbocycles. The van der Waals surface area contributed by atoms with Gasteiger partial charge in [0.15, 0.2) is 12.1 Å². The predicted octanol–water partition coefficient (Wildman–Crippen LogP) is 6.48. The fourth-order valence-electron chi connectivity index (χ4n) is 5.66. The van der Waals surface area contributed by atoms with Gasteiger partial charge in [0.25, 0.3) is 0 Å². The van der Waals surface area contributed by atoms with Crippen molar-refractivity contribution in [3.05, 3.63) is 24.3 Å². The number of hydrogen-bond donors (Lipinski definition) is 0. The molecule has 3 fully saturated rings. The molecule has 2 saturated heterocycles. The van der Waals surface area contributed by atoms with E-state index >= 15 is 0 Å². The van der Waals surface area contributed by atoms with Crippen LogP contribution in [0.25, 0.3) is 0 Å². The lowest BCUT2D eigenvalue weighted by Crippen LogP contribution is -2.37. The van der Waals surface area contributed by atoms with Crippen molar-refractivity contribution in [3.63, 3.8) is 0 Å². The van der Waals surface area contributed by atoms with E-state index < -0.39 is 5.79 Å². The van der Waals surface area contributed by atoms with Gasteiger partial charge in [-0.1, -0.05) is 50.5 Å². The standard InChI is InChI=1S/C29H48O6/c1-4-5-11-18-28(2,35-27-15-10-12-21-32-27)19-16-24-17-20-29(33-22-23-34-29)25(24)13-8-6-7-9-14-26(30)31-3/h6,8,16,19,24-25,27H,4-5,7,9-15,17-18,20-23H2,1-3H3/b8-6-,19-16+/t24-,25+,27?,28-/m0/s1. The quantitative estimate of drug-likeness (QED) is 0.157. The number of methoxy groups -OCH3 is 1. The molecule has 6 nitrogen and oxygen atoms in total. The summed E-state index contributed by atoms with van der Waals surface area (Å²) in [6, 6.07) is 0. The van der Waals surface area contributed by atoms with Crippen molar-refractivity contribution in [2.24, 2.45) is 11.8 Å². The lowest BCUT2D eigenvalue weighted by molar-refractivity contribution is -0.208. The van der Waals surface area contributed by atoms with E-state index in [1.807, 2.05) is 0 Å². The second-order valence-electron chi connectivity index (χ2n) is 10.5. The summed E-state index contributed by atoms with van der Waals surface area (Å²) in [7, 11) is 1.44. The molecule has 35 heavy (non-hydrogen) atoms. The van der Waals surface area contributed by atoms with Crippen molar-refractivity contribution >= 4 is 5.97 Å². The molecule has 3 rings (SSSR count). The fourth-order valence-corrected chi connectivity index (χ4v) is 5.66. The Balaban J connectivity index is 1.64. The molecule has 0 amide bonds. The van der Waals surface area contributed by atoms with Crippen LogP contribution in [-0.2, 0) is 28.5 Å². The highest BCUT2D eigenvalue weighted by atomic mass is 16.7. The van der Waals surface area contributed by atoms with Crippen LogP contribution in [0.3, 0.4) is 0 Å². The number of carbonyl (C=O) groups excluding carboxylic acids is 1. The molecule has 1 saturated carbocycles. The topological polar surface area (TPSA) is 63.2 Å². The van der Waals surface area contributed by atoms with E-state index in [-0.39, 0.29) is 23.8 Å². The fraction of sp³-hybridized carbons (Fsp3) is 0.828. The molecule has 1 spiro atoms. The Kier molecular flexibility index (Phi) is 11.8. The minimum absolute atomic E-state index is 0.0971. The van der Waals surface area contributed by atoms with E-state index in [4.69, 9.17) is 23.7 Å². The minimum Gasteiger partial charge on any atom is -0.469 e. The zero-order valence-electron chi connectivity index (χ0n) is 22.3. The second-order valence-corrected chi connectivity index (χ2v) is 10.5. The molecule has 6 heteroatoms. The Hall–Kier alpha value is -1.21. The minimum atomic E-state index is -0.461. The summed E-state index contributed by atoms with van der Waals surface area (Å²) in [5.74, 6) is 0.0594. The third-order valence-electron chi connectivity index (χ3n) is 7.73. The predicted molar refractivity (Wildman–Crippen MR) is 137 cm³/mol. The first-order chi connectivity index (χ1) is 17.0. The Bertz CT molecular complexity index is 677. The van der Waals surface area contributed by atoms with Crippen LogP contribution in [0.5, 0.6) is 0 Å². The second kappa shape index (κ2) is 14.5. The van der Waals surface area contributed by atoms with Crippen LogP contribution in [0.4, 0.5) is 0 Å². The molecule has 0 radical (unpaired) electrons. The summed E-state index contributed by atoms with van der Waals surface area (Å²) in [5, 5.41) is 0. The number of esters is 1. The van der Waals surface area contributed by atoms with Gasteiger partial charge in [-0.2, -0.15) is 0 Å². The van der Waals surface area contributed by atoms with Gasteiger partial charge in [0, 0.05) is 25.4 Å². The van der Waals surface area contributed by atoms with E-state index in [0.29, 0.717) is 25.6 Å². The Morgan fingerprint density at radius 3 is 2.63 bits per heavy atom. The summed E-state index contributed by atoms with van der Waals surface area (Å²) in [4.78, 5) is 11.3. The summed E-state index contributed by atoms with van der Waals surface area (Å²) in [6.45, 7) is 6.61. The lowest BCUT2D eigenvalue weighted by Gasteiger charge is -2.34. The van der Waals surface area contributed by atoms with E-state index in [1.54, 1.807) is 0 Å². The van der Waals surface area contributed by atoms with Gasteiger partial charge in [-0.3, -0.25) is 4.79 Å². The molecule has 0 bridgehead atoms. The SMILES string of the molecule is CCCCC[C@@](C)(/C=C/[C@H]1CCC2(OCCO2)[C@@H]1C/C=C\CCCC(=O)OC)OC1CCCCO1. The molecule has 1 aliphatic carbocycles. The van der Waals surface area contributed by atoms with E-state index in [0.717, 1.165) is 64.4 Å².